The highest BCUT2D eigenvalue weighted by molar-refractivity contribution is 5.72. The maximum Gasteiger partial charge on any atom is 0.131 e. The largest absolute Gasteiger partial charge is 0.313 e. The average Bonchev–Trinajstić information content (AvgIpc) is 2.37. The molecule has 0 aliphatic heterocycles. The fourth-order valence-electron chi connectivity index (χ4n) is 2.75. The predicted octanol–water partition coefficient (Wildman–Crippen LogP) is 4.53. The summed E-state index contributed by atoms with van der Waals surface area (Å²) in [6, 6.07) is 9.74. The third kappa shape index (κ3) is 3.07. The van der Waals surface area contributed by atoms with Crippen LogP contribution >= 0.6 is 0 Å². The Morgan fingerprint density at radius 3 is 2.20 bits per heavy atom. The molecule has 0 spiro atoms. The highest BCUT2D eigenvalue weighted by atomic mass is 19.1. The predicted molar refractivity (Wildman–Crippen MR) is 83.4 cm³/mol. The van der Waals surface area contributed by atoms with Crippen LogP contribution in [-0.2, 0) is 6.54 Å². The zero-order valence-corrected chi connectivity index (χ0v) is 12.7. The Bertz CT molecular complexity index is 594. The molecular weight excluding hydrogens is 249 g/mol. The molecule has 2 aromatic carbocycles. The number of rotatable bonds is 4. The van der Waals surface area contributed by atoms with E-state index in [1.165, 1.54) is 5.56 Å². The lowest BCUT2D eigenvalue weighted by Gasteiger charge is -2.13. The first-order chi connectivity index (χ1) is 9.52. The van der Waals surface area contributed by atoms with Crippen LogP contribution in [-0.4, -0.2) is 6.54 Å². The normalized spacial score (nSPS) is 10.8. The summed E-state index contributed by atoms with van der Waals surface area (Å²) in [6.45, 7) is 9.80. The van der Waals surface area contributed by atoms with Gasteiger partial charge in [-0.05, 0) is 55.6 Å². The molecule has 20 heavy (non-hydrogen) atoms. The maximum atomic E-state index is 14.4. The Morgan fingerprint density at radius 2 is 1.65 bits per heavy atom. The monoisotopic (exact) mass is 271 g/mol. The van der Waals surface area contributed by atoms with E-state index < -0.39 is 0 Å². The van der Waals surface area contributed by atoms with Crippen molar-refractivity contribution in [2.24, 2.45) is 0 Å². The summed E-state index contributed by atoms with van der Waals surface area (Å²) in [7, 11) is 0. The second-order valence-corrected chi connectivity index (χ2v) is 5.37. The van der Waals surface area contributed by atoms with Gasteiger partial charge in [0.1, 0.15) is 5.82 Å². The molecule has 0 aromatic heterocycles. The van der Waals surface area contributed by atoms with Crippen molar-refractivity contribution in [1.29, 1.82) is 0 Å². The molecular formula is C18H22FN. The third-order valence-electron chi connectivity index (χ3n) is 3.56. The fourth-order valence-corrected chi connectivity index (χ4v) is 2.75. The van der Waals surface area contributed by atoms with Crippen molar-refractivity contribution in [2.75, 3.05) is 6.54 Å². The zero-order chi connectivity index (χ0) is 14.7. The Labute approximate surface area is 120 Å². The molecule has 0 saturated carbocycles. The van der Waals surface area contributed by atoms with Crippen molar-refractivity contribution < 1.29 is 4.39 Å². The lowest BCUT2D eigenvalue weighted by Crippen LogP contribution is -2.11. The second-order valence-electron chi connectivity index (χ2n) is 5.37. The van der Waals surface area contributed by atoms with Crippen molar-refractivity contribution in [2.45, 2.75) is 34.2 Å². The molecule has 0 amide bonds. The minimum absolute atomic E-state index is 0.143. The SMILES string of the molecule is CCNCc1ccc(-c2c(C)cc(C)cc2C)c(F)c1. The van der Waals surface area contributed by atoms with E-state index in [0.29, 0.717) is 12.1 Å². The number of benzene rings is 2. The quantitative estimate of drug-likeness (QED) is 0.861. The van der Waals surface area contributed by atoms with E-state index in [2.05, 4.69) is 24.4 Å². The summed E-state index contributed by atoms with van der Waals surface area (Å²) in [6.07, 6.45) is 0. The zero-order valence-electron chi connectivity index (χ0n) is 12.7. The molecule has 1 nitrogen and oxygen atoms in total. The molecule has 0 radical (unpaired) electrons. The maximum absolute atomic E-state index is 14.4. The summed E-state index contributed by atoms with van der Waals surface area (Å²) in [5.74, 6) is -0.143. The van der Waals surface area contributed by atoms with Gasteiger partial charge in [0.15, 0.2) is 0 Å². The smallest absolute Gasteiger partial charge is 0.131 e. The molecule has 1 N–H and O–H groups in total. The van der Waals surface area contributed by atoms with Crippen LogP contribution in [0.3, 0.4) is 0 Å². The van der Waals surface area contributed by atoms with Crippen molar-refractivity contribution in [3.05, 3.63) is 58.4 Å². The molecule has 2 rings (SSSR count). The van der Waals surface area contributed by atoms with E-state index in [1.54, 1.807) is 6.07 Å². The van der Waals surface area contributed by atoms with Gasteiger partial charge in [-0.1, -0.05) is 36.8 Å². The lowest BCUT2D eigenvalue weighted by molar-refractivity contribution is 0.625. The summed E-state index contributed by atoms with van der Waals surface area (Å²) in [5.41, 5.74) is 6.16. The van der Waals surface area contributed by atoms with Crippen LogP contribution in [0, 0.1) is 26.6 Å². The van der Waals surface area contributed by atoms with Crippen molar-refractivity contribution in [3.63, 3.8) is 0 Å². The van der Waals surface area contributed by atoms with Crippen molar-refractivity contribution in [3.8, 4) is 11.1 Å². The van der Waals surface area contributed by atoms with Crippen LogP contribution in [0.25, 0.3) is 11.1 Å². The van der Waals surface area contributed by atoms with E-state index in [1.807, 2.05) is 32.9 Å². The fraction of sp³-hybridized carbons (Fsp3) is 0.333. The van der Waals surface area contributed by atoms with Crippen LogP contribution < -0.4 is 5.32 Å². The van der Waals surface area contributed by atoms with E-state index in [-0.39, 0.29) is 5.82 Å². The van der Waals surface area contributed by atoms with Crippen LogP contribution in [0.15, 0.2) is 30.3 Å². The van der Waals surface area contributed by atoms with Gasteiger partial charge >= 0.3 is 0 Å². The van der Waals surface area contributed by atoms with Crippen molar-refractivity contribution >= 4 is 0 Å². The summed E-state index contributed by atoms with van der Waals surface area (Å²) in [5, 5.41) is 3.21. The van der Waals surface area contributed by atoms with Crippen LogP contribution in [0.1, 0.15) is 29.2 Å². The molecule has 0 fully saturated rings. The highest BCUT2D eigenvalue weighted by Crippen LogP contribution is 2.30. The Balaban J connectivity index is 2.44. The summed E-state index contributed by atoms with van der Waals surface area (Å²) < 4.78 is 14.4. The van der Waals surface area contributed by atoms with E-state index in [9.17, 15) is 4.39 Å². The average molecular weight is 271 g/mol. The molecule has 0 aliphatic rings. The Morgan fingerprint density at radius 1 is 1.00 bits per heavy atom. The van der Waals surface area contributed by atoms with Crippen molar-refractivity contribution in [1.82, 2.24) is 5.32 Å². The molecule has 0 saturated heterocycles. The number of hydrogen-bond acceptors (Lipinski definition) is 1. The number of hydrogen-bond donors (Lipinski definition) is 1. The molecule has 0 atom stereocenters. The molecule has 2 heteroatoms. The van der Waals surface area contributed by atoms with E-state index in [0.717, 1.165) is 28.8 Å². The molecule has 0 aliphatic carbocycles. The summed E-state index contributed by atoms with van der Waals surface area (Å²) in [4.78, 5) is 0. The lowest BCUT2D eigenvalue weighted by atomic mass is 9.93. The molecule has 2 aromatic rings. The summed E-state index contributed by atoms with van der Waals surface area (Å²) >= 11 is 0. The van der Waals surface area contributed by atoms with Gasteiger partial charge in [-0.15, -0.1) is 0 Å². The highest BCUT2D eigenvalue weighted by Gasteiger charge is 2.11. The van der Waals surface area contributed by atoms with E-state index in [4.69, 9.17) is 0 Å². The van der Waals surface area contributed by atoms with Gasteiger partial charge in [0.25, 0.3) is 0 Å². The van der Waals surface area contributed by atoms with Gasteiger partial charge in [0.2, 0.25) is 0 Å². The standard InChI is InChI=1S/C18H22FN/c1-5-20-11-15-6-7-16(17(19)10-15)18-13(3)8-12(2)9-14(18)4/h6-10,20H,5,11H2,1-4H3. The first kappa shape index (κ1) is 14.7. The van der Waals surface area contributed by atoms with Gasteiger partial charge in [-0.25, -0.2) is 4.39 Å². The van der Waals surface area contributed by atoms with Gasteiger partial charge in [0.05, 0.1) is 0 Å². The topological polar surface area (TPSA) is 12.0 Å². The van der Waals surface area contributed by atoms with Gasteiger partial charge in [-0.3, -0.25) is 0 Å². The van der Waals surface area contributed by atoms with Crippen LogP contribution in [0.2, 0.25) is 0 Å². The first-order valence-corrected chi connectivity index (χ1v) is 7.10. The van der Waals surface area contributed by atoms with Gasteiger partial charge < -0.3 is 5.32 Å². The Hall–Kier alpha value is -1.67. The number of nitrogens with one attached hydrogen (secondary N) is 1. The minimum atomic E-state index is -0.143. The molecule has 0 unspecified atom stereocenters. The van der Waals surface area contributed by atoms with Crippen LogP contribution in [0.5, 0.6) is 0 Å². The Kier molecular flexibility index (Phi) is 4.56. The second kappa shape index (κ2) is 6.19. The van der Waals surface area contributed by atoms with Gasteiger partial charge in [0, 0.05) is 12.1 Å². The minimum Gasteiger partial charge on any atom is -0.313 e. The number of aryl methyl sites for hydroxylation is 3. The first-order valence-electron chi connectivity index (χ1n) is 7.10. The van der Waals surface area contributed by atoms with Gasteiger partial charge in [-0.2, -0.15) is 0 Å². The molecule has 0 bridgehead atoms. The molecule has 106 valence electrons. The van der Waals surface area contributed by atoms with Crippen LogP contribution in [0.4, 0.5) is 4.39 Å². The number of halogens is 1. The van der Waals surface area contributed by atoms with E-state index >= 15 is 0 Å². The third-order valence-corrected chi connectivity index (χ3v) is 3.56. The molecule has 0 heterocycles.